The molecule has 1 fully saturated rings. The Morgan fingerprint density at radius 2 is 1.86 bits per heavy atom. The molecule has 158 valence electrons. The van der Waals surface area contributed by atoms with Gasteiger partial charge in [-0.3, -0.25) is 30.6 Å². The Bertz CT molecular complexity index is 755. The molecule has 0 spiro atoms. The fourth-order valence-corrected chi connectivity index (χ4v) is 3.51. The minimum Gasteiger partial charge on any atom is -0.358 e. The van der Waals surface area contributed by atoms with Crippen molar-refractivity contribution in [2.75, 3.05) is 6.54 Å². The second-order valence-electron chi connectivity index (χ2n) is 7.33. The third kappa shape index (κ3) is 6.97. The van der Waals surface area contributed by atoms with Crippen LogP contribution in [0.1, 0.15) is 49.9 Å². The molecule has 3 atom stereocenters. The Kier molecular flexibility index (Phi) is 8.32. The Labute approximate surface area is 175 Å². The lowest BCUT2D eigenvalue weighted by atomic mass is 9.78. The number of rotatable bonds is 6. The zero-order valence-electron chi connectivity index (χ0n) is 16.6. The molecule has 0 unspecified atom stereocenters. The first-order valence-electron chi connectivity index (χ1n) is 9.66. The highest BCUT2D eigenvalue weighted by molar-refractivity contribution is 7.80. The van der Waals surface area contributed by atoms with E-state index < -0.39 is 10.8 Å². The first-order chi connectivity index (χ1) is 13.8. The molecule has 0 bridgehead atoms. The largest absolute Gasteiger partial charge is 0.358 e. The third-order valence-electron chi connectivity index (χ3n) is 5.32. The summed E-state index contributed by atoms with van der Waals surface area (Å²) < 4.78 is 0. The van der Waals surface area contributed by atoms with Crippen LogP contribution < -0.4 is 21.5 Å². The lowest BCUT2D eigenvalue weighted by Gasteiger charge is -2.35. The predicted octanol–water partition coefficient (Wildman–Crippen LogP) is 2.03. The van der Waals surface area contributed by atoms with Crippen molar-refractivity contribution >= 4 is 34.8 Å². The molecule has 10 heteroatoms. The number of hydrogen-bond acceptors (Lipinski definition) is 5. The summed E-state index contributed by atoms with van der Waals surface area (Å²) in [5, 5.41) is 16.8. The average molecular weight is 422 g/mol. The summed E-state index contributed by atoms with van der Waals surface area (Å²) in [5.74, 6) is 0.424. The van der Waals surface area contributed by atoms with Gasteiger partial charge in [0.15, 0.2) is 5.11 Å². The molecule has 0 aromatic heterocycles. The number of amides is 2. The van der Waals surface area contributed by atoms with Crippen molar-refractivity contribution in [3.05, 3.63) is 39.9 Å². The van der Waals surface area contributed by atoms with E-state index in [1.807, 2.05) is 0 Å². The van der Waals surface area contributed by atoms with E-state index in [2.05, 4.69) is 35.3 Å². The van der Waals surface area contributed by atoms with Gasteiger partial charge in [0.2, 0.25) is 5.91 Å². The maximum absolute atomic E-state index is 12.0. The highest BCUT2D eigenvalue weighted by atomic mass is 32.1. The van der Waals surface area contributed by atoms with Gasteiger partial charge < -0.3 is 10.6 Å². The Hall–Kier alpha value is -2.75. The third-order valence-corrected chi connectivity index (χ3v) is 5.54. The van der Waals surface area contributed by atoms with Crippen molar-refractivity contribution in [1.29, 1.82) is 0 Å². The van der Waals surface area contributed by atoms with Crippen LogP contribution >= 0.6 is 12.2 Å². The molecule has 1 aromatic carbocycles. The summed E-state index contributed by atoms with van der Waals surface area (Å²) in [4.78, 5) is 34.0. The summed E-state index contributed by atoms with van der Waals surface area (Å²) in [6, 6.07) is 5.54. The molecule has 2 rings (SSSR count). The number of nitro benzene ring substituents is 1. The first kappa shape index (κ1) is 22.5. The minimum atomic E-state index is -0.534. The van der Waals surface area contributed by atoms with Crippen molar-refractivity contribution in [3.8, 4) is 0 Å². The number of nitro groups is 1. The number of carbonyl (C=O) groups is 2. The Balaban J connectivity index is 1.65. The van der Waals surface area contributed by atoms with Gasteiger partial charge in [-0.25, -0.2) is 0 Å². The molecule has 0 radical (unpaired) electrons. The molecule has 4 N–H and O–H groups in total. The summed E-state index contributed by atoms with van der Waals surface area (Å²) in [7, 11) is 0. The quantitative estimate of drug-likeness (QED) is 0.315. The van der Waals surface area contributed by atoms with Crippen LogP contribution in [0.5, 0.6) is 0 Å². The second kappa shape index (κ2) is 10.7. The van der Waals surface area contributed by atoms with Gasteiger partial charge in [0, 0.05) is 36.7 Å². The van der Waals surface area contributed by atoms with E-state index >= 15 is 0 Å². The number of hydrogen-bond donors (Lipinski definition) is 4. The van der Waals surface area contributed by atoms with Gasteiger partial charge in [-0.2, -0.15) is 0 Å². The molecule has 0 saturated heterocycles. The van der Waals surface area contributed by atoms with Crippen LogP contribution in [-0.4, -0.2) is 34.4 Å². The smallest absolute Gasteiger partial charge is 0.269 e. The highest BCUT2D eigenvalue weighted by Crippen LogP contribution is 2.29. The molecular weight excluding hydrogens is 394 g/mol. The molecule has 1 aliphatic rings. The van der Waals surface area contributed by atoms with Crippen molar-refractivity contribution in [1.82, 2.24) is 21.5 Å². The van der Waals surface area contributed by atoms with Crippen LogP contribution in [0.3, 0.4) is 0 Å². The standard InChI is InChI=1S/C19H27N5O4S/c1-12-4-3-5-16(13(12)2)21-19(29)23-22-17(25)10-11-20-18(26)14-6-8-15(9-7-14)24(27)28/h6-9,12-13,16H,3-5,10-11H2,1-2H3,(H,20,26)(H,22,25)(H2,21,23,29)/t12-,13+,16+/m0/s1. The van der Waals surface area contributed by atoms with Crippen molar-refractivity contribution < 1.29 is 14.5 Å². The van der Waals surface area contributed by atoms with E-state index in [1.165, 1.54) is 30.7 Å². The van der Waals surface area contributed by atoms with Gasteiger partial charge in [0.05, 0.1) is 4.92 Å². The normalized spacial score (nSPS) is 21.0. The Morgan fingerprint density at radius 1 is 1.17 bits per heavy atom. The van der Waals surface area contributed by atoms with E-state index in [0.717, 1.165) is 12.8 Å². The van der Waals surface area contributed by atoms with Crippen LogP contribution in [0, 0.1) is 22.0 Å². The zero-order valence-corrected chi connectivity index (χ0v) is 17.4. The fourth-order valence-electron chi connectivity index (χ4n) is 3.31. The van der Waals surface area contributed by atoms with Crippen molar-refractivity contribution in [3.63, 3.8) is 0 Å². The molecule has 0 heterocycles. The van der Waals surface area contributed by atoms with Crippen LogP contribution in [0.25, 0.3) is 0 Å². The number of non-ortho nitro benzene ring substituents is 1. The van der Waals surface area contributed by atoms with E-state index in [-0.39, 0.29) is 36.2 Å². The summed E-state index contributed by atoms with van der Waals surface area (Å²) in [5.41, 5.74) is 5.41. The number of thiocarbonyl (C=S) groups is 1. The number of nitrogens with zero attached hydrogens (tertiary/aromatic N) is 1. The summed E-state index contributed by atoms with van der Waals surface area (Å²) >= 11 is 5.24. The second-order valence-corrected chi connectivity index (χ2v) is 7.74. The number of carbonyl (C=O) groups excluding carboxylic acids is 2. The van der Waals surface area contributed by atoms with E-state index in [0.29, 0.717) is 16.9 Å². The Morgan fingerprint density at radius 3 is 2.52 bits per heavy atom. The lowest BCUT2D eigenvalue weighted by Crippen LogP contribution is -2.52. The average Bonchev–Trinajstić information content (AvgIpc) is 2.70. The number of hydrazine groups is 1. The molecular formula is C19H27N5O4S. The summed E-state index contributed by atoms with van der Waals surface area (Å²) in [6.07, 6.45) is 3.50. The topological polar surface area (TPSA) is 125 Å². The van der Waals surface area contributed by atoms with E-state index in [9.17, 15) is 19.7 Å². The molecule has 1 aromatic rings. The van der Waals surface area contributed by atoms with Gasteiger partial charge in [-0.1, -0.05) is 26.7 Å². The van der Waals surface area contributed by atoms with Gasteiger partial charge in [-0.05, 0) is 42.6 Å². The van der Waals surface area contributed by atoms with Gasteiger partial charge in [0.1, 0.15) is 0 Å². The van der Waals surface area contributed by atoms with Crippen LogP contribution in [0.2, 0.25) is 0 Å². The number of benzene rings is 1. The van der Waals surface area contributed by atoms with Crippen LogP contribution in [-0.2, 0) is 4.79 Å². The first-order valence-corrected chi connectivity index (χ1v) is 10.1. The SMILES string of the molecule is C[C@@H]1[C@@H](C)CCC[C@H]1NC(=S)NNC(=O)CCNC(=O)c1ccc([N+](=O)[O-])cc1. The molecule has 2 amide bonds. The molecule has 1 aliphatic carbocycles. The van der Waals surface area contributed by atoms with E-state index in [4.69, 9.17) is 12.2 Å². The van der Waals surface area contributed by atoms with Gasteiger partial charge >= 0.3 is 0 Å². The van der Waals surface area contributed by atoms with Crippen LogP contribution in [0.4, 0.5) is 5.69 Å². The fraction of sp³-hybridized carbons (Fsp3) is 0.526. The highest BCUT2D eigenvalue weighted by Gasteiger charge is 2.27. The maximum Gasteiger partial charge on any atom is 0.269 e. The maximum atomic E-state index is 12.0. The van der Waals surface area contributed by atoms with Crippen molar-refractivity contribution in [2.45, 2.75) is 45.6 Å². The van der Waals surface area contributed by atoms with E-state index in [1.54, 1.807) is 0 Å². The van der Waals surface area contributed by atoms with Crippen LogP contribution in [0.15, 0.2) is 24.3 Å². The zero-order chi connectivity index (χ0) is 21.4. The molecule has 1 saturated carbocycles. The van der Waals surface area contributed by atoms with Gasteiger partial charge in [0.25, 0.3) is 11.6 Å². The number of nitrogens with one attached hydrogen (secondary N) is 4. The minimum absolute atomic E-state index is 0.0607. The molecule has 29 heavy (non-hydrogen) atoms. The lowest BCUT2D eigenvalue weighted by molar-refractivity contribution is -0.384. The van der Waals surface area contributed by atoms with Gasteiger partial charge in [-0.15, -0.1) is 0 Å². The van der Waals surface area contributed by atoms with Crippen molar-refractivity contribution in [2.24, 2.45) is 11.8 Å². The molecule has 0 aliphatic heterocycles. The summed E-state index contributed by atoms with van der Waals surface area (Å²) in [6.45, 7) is 4.57. The monoisotopic (exact) mass is 421 g/mol. The molecule has 9 nitrogen and oxygen atoms in total. The predicted molar refractivity (Wildman–Crippen MR) is 113 cm³/mol.